The summed E-state index contributed by atoms with van der Waals surface area (Å²) in [6.07, 6.45) is 0. The molecule has 0 radical (unpaired) electrons. The van der Waals surface area contributed by atoms with Crippen molar-refractivity contribution >= 4 is 28.6 Å². The van der Waals surface area contributed by atoms with Gasteiger partial charge in [0.25, 0.3) is 11.6 Å². The Morgan fingerprint density at radius 2 is 1.72 bits per heavy atom. The predicted octanol–water partition coefficient (Wildman–Crippen LogP) is 4.28. The molecule has 4 aromatic rings. The second-order valence-corrected chi connectivity index (χ2v) is 6.86. The summed E-state index contributed by atoms with van der Waals surface area (Å²) in [4.78, 5) is 27.5. The minimum atomic E-state index is -0.510. The molecule has 0 aliphatic carbocycles. The lowest BCUT2D eigenvalue weighted by Gasteiger charge is -2.12. The molecule has 1 amide bonds. The molecule has 0 spiro atoms. The van der Waals surface area contributed by atoms with E-state index in [-0.39, 0.29) is 5.69 Å². The fourth-order valence-corrected chi connectivity index (χ4v) is 3.23. The van der Waals surface area contributed by atoms with Crippen molar-refractivity contribution in [2.45, 2.75) is 6.54 Å². The molecule has 0 aliphatic heterocycles. The number of imidazole rings is 1. The van der Waals surface area contributed by atoms with Crippen LogP contribution in [-0.4, -0.2) is 34.1 Å². The topological polar surface area (TPSA) is 109 Å². The van der Waals surface area contributed by atoms with Crippen LogP contribution in [0.2, 0.25) is 0 Å². The molecule has 0 saturated heterocycles. The molecule has 0 bridgehead atoms. The van der Waals surface area contributed by atoms with Gasteiger partial charge in [0, 0.05) is 17.7 Å². The van der Waals surface area contributed by atoms with Crippen LogP contribution in [-0.2, 0) is 6.54 Å². The van der Waals surface area contributed by atoms with E-state index in [9.17, 15) is 14.9 Å². The quantitative estimate of drug-likeness (QED) is 0.329. The fraction of sp³-hybridized carbons (Fsp3) is 0.130. The van der Waals surface area contributed by atoms with Gasteiger partial charge >= 0.3 is 0 Å². The molecular weight excluding hydrogens is 412 g/mol. The van der Waals surface area contributed by atoms with Gasteiger partial charge in [-0.3, -0.25) is 20.2 Å². The number of methoxy groups -OCH3 is 1. The molecule has 32 heavy (non-hydrogen) atoms. The number of rotatable bonds is 8. The van der Waals surface area contributed by atoms with E-state index in [1.165, 1.54) is 24.3 Å². The first-order valence-electron chi connectivity index (χ1n) is 9.83. The van der Waals surface area contributed by atoms with Crippen LogP contribution in [0.5, 0.6) is 11.5 Å². The Morgan fingerprint density at radius 3 is 2.41 bits per heavy atom. The van der Waals surface area contributed by atoms with Gasteiger partial charge in [-0.15, -0.1) is 0 Å². The minimum absolute atomic E-state index is 0.0792. The maximum atomic E-state index is 12.7. The van der Waals surface area contributed by atoms with E-state index >= 15 is 0 Å². The van der Waals surface area contributed by atoms with Gasteiger partial charge < -0.3 is 14.0 Å². The molecule has 162 valence electrons. The second kappa shape index (κ2) is 9.17. The average Bonchev–Trinajstić information content (AvgIpc) is 3.16. The van der Waals surface area contributed by atoms with E-state index in [2.05, 4.69) is 10.3 Å². The van der Waals surface area contributed by atoms with Crippen LogP contribution in [0.15, 0.2) is 72.8 Å². The number of fused-ring (bicyclic) bond motifs is 1. The van der Waals surface area contributed by atoms with Crippen LogP contribution in [0.3, 0.4) is 0 Å². The van der Waals surface area contributed by atoms with Crippen LogP contribution in [0.25, 0.3) is 11.0 Å². The van der Waals surface area contributed by atoms with Crippen molar-refractivity contribution in [2.75, 3.05) is 19.0 Å². The highest BCUT2D eigenvalue weighted by Crippen LogP contribution is 2.22. The number of anilines is 1. The Balaban J connectivity index is 1.51. The Morgan fingerprint density at radius 1 is 1.03 bits per heavy atom. The summed E-state index contributed by atoms with van der Waals surface area (Å²) in [6.45, 7) is 0.801. The van der Waals surface area contributed by atoms with Gasteiger partial charge in [-0.1, -0.05) is 12.1 Å². The summed E-state index contributed by atoms with van der Waals surface area (Å²) in [5.74, 6) is 1.40. The highest BCUT2D eigenvalue weighted by molar-refractivity contribution is 6.04. The maximum absolute atomic E-state index is 12.7. The first-order chi connectivity index (χ1) is 15.5. The third kappa shape index (κ3) is 4.51. The fourth-order valence-electron chi connectivity index (χ4n) is 3.23. The number of para-hydroxylation sites is 2. The number of amides is 1. The second-order valence-electron chi connectivity index (χ2n) is 6.86. The first-order valence-corrected chi connectivity index (χ1v) is 9.83. The first kappa shape index (κ1) is 20.9. The number of benzene rings is 3. The monoisotopic (exact) mass is 432 g/mol. The summed E-state index contributed by atoms with van der Waals surface area (Å²) in [5, 5.41) is 13.6. The van der Waals surface area contributed by atoms with Gasteiger partial charge in [-0.25, -0.2) is 4.98 Å². The van der Waals surface area contributed by atoms with Crippen molar-refractivity contribution in [2.24, 2.45) is 0 Å². The van der Waals surface area contributed by atoms with Crippen molar-refractivity contribution in [1.82, 2.24) is 9.55 Å². The SMILES string of the molecule is COc1ccc(OCCn2c(NC(=O)c3ccc([N+](=O)[O-])cc3)nc3ccccc32)cc1. The van der Waals surface area contributed by atoms with E-state index in [0.29, 0.717) is 30.4 Å². The Bertz CT molecular complexity index is 1250. The number of non-ortho nitro benzene ring substituents is 1. The molecule has 3 aromatic carbocycles. The summed E-state index contributed by atoms with van der Waals surface area (Å²) in [5.41, 5.74) is 1.80. The van der Waals surface area contributed by atoms with Gasteiger partial charge in [0.2, 0.25) is 5.95 Å². The average molecular weight is 432 g/mol. The zero-order chi connectivity index (χ0) is 22.5. The molecule has 4 rings (SSSR count). The third-order valence-electron chi connectivity index (χ3n) is 4.86. The van der Waals surface area contributed by atoms with Crippen LogP contribution in [0, 0.1) is 10.1 Å². The summed E-state index contributed by atoms with van der Waals surface area (Å²) in [6, 6.07) is 20.2. The predicted molar refractivity (Wildman–Crippen MR) is 119 cm³/mol. The molecule has 9 nitrogen and oxygen atoms in total. The number of ether oxygens (including phenoxy) is 2. The van der Waals surface area contributed by atoms with Gasteiger partial charge in [-0.2, -0.15) is 0 Å². The Kier molecular flexibility index (Phi) is 5.98. The third-order valence-corrected chi connectivity index (χ3v) is 4.86. The van der Waals surface area contributed by atoms with Crippen molar-refractivity contribution in [3.05, 3.63) is 88.5 Å². The highest BCUT2D eigenvalue weighted by atomic mass is 16.6. The Labute approximate surface area is 183 Å². The number of nitro groups is 1. The van der Waals surface area contributed by atoms with Crippen molar-refractivity contribution < 1.29 is 19.2 Å². The van der Waals surface area contributed by atoms with E-state index < -0.39 is 10.8 Å². The molecule has 0 atom stereocenters. The molecular formula is C23H20N4O5. The van der Waals surface area contributed by atoms with E-state index in [4.69, 9.17) is 9.47 Å². The van der Waals surface area contributed by atoms with Crippen LogP contribution in [0.1, 0.15) is 10.4 Å². The van der Waals surface area contributed by atoms with E-state index in [1.54, 1.807) is 7.11 Å². The maximum Gasteiger partial charge on any atom is 0.269 e. The summed E-state index contributed by atoms with van der Waals surface area (Å²) >= 11 is 0. The molecule has 1 aromatic heterocycles. The van der Waals surface area contributed by atoms with Gasteiger partial charge in [0.15, 0.2) is 0 Å². The van der Waals surface area contributed by atoms with Gasteiger partial charge in [-0.05, 0) is 48.5 Å². The smallest absolute Gasteiger partial charge is 0.269 e. The molecule has 1 heterocycles. The minimum Gasteiger partial charge on any atom is -0.497 e. The lowest BCUT2D eigenvalue weighted by Crippen LogP contribution is -2.18. The standard InChI is InChI=1S/C23H20N4O5/c1-31-18-10-12-19(13-11-18)32-15-14-26-21-5-3-2-4-20(21)24-23(26)25-22(28)16-6-8-17(9-7-16)27(29)30/h2-13H,14-15H2,1H3,(H,24,25,28). The molecule has 0 unspecified atom stereocenters. The number of nitrogens with one attached hydrogen (secondary N) is 1. The number of carbonyl (C=O) groups excluding carboxylic acids is 1. The van der Waals surface area contributed by atoms with Crippen LogP contribution < -0.4 is 14.8 Å². The number of nitrogens with zero attached hydrogens (tertiary/aromatic N) is 3. The van der Waals surface area contributed by atoms with E-state index in [1.807, 2.05) is 53.1 Å². The number of nitro benzene ring substituents is 1. The molecule has 9 heteroatoms. The Hall–Kier alpha value is -4.40. The van der Waals surface area contributed by atoms with Crippen LogP contribution >= 0.6 is 0 Å². The zero-order valence-corrected chi connectivity index (χ0v) is 17.2. The van der Waals surface area contributed by atoms with Crippen molar-refractivity contribution in [1.29, 1.82) is 0 Å². The van der Waals surface area contributed by atoms with Gasteiger partial charge in [0.1, 0.15) is 18.1 Å². The van der Waals surface area contributed by atoms with Crippen molar-refractivity contribution in [3.63, 3.8) is 0 Å². The molecule has 0 fully saturated rings. The highest BCUT2D eigenvalue weighted by Gasteiger charge is 2.15. The lowest BCUT2D eigenvalue weighted by atomic mass is 10.2. The molecule has 0 aliphatic rings. The lowest BCUT2D eigenvalue weighted by molar-refractivity contribution is -0.384. The molecule has 1 N–H and O–H groups in total. The van der Waals surface area contributed by atoms with Crippen LogP contribution in [0.4, 0.5) is 11.6 Å². The van der Waals surface area contributed by atoms with Crippen molar-refractivity contribution in [3.8, 4) is 11.5 Å². The summed E-state index contributed by atoms with van der Waals surface area (Å²) in [7, 11) is 1.60. The largest absolute Gasteiger partial charge is 0.497 e. The van der Waals surface area contributed by atoms with E-state index in [0.717, 1.165) is 16.8 Å². The number of aromatic nitrogens is 2. The number of hydrogen-bond acceptors (Lipinski definition) is 6. The summed E-state index contributed by atoms with van der Waals surface area (Å²) < 4.78 is 12.8. The molecule has 0 saturated carbocycles. The number of carbonyl (C=O) groups is 1. The van der Waals surface area contributed by atoms with Gasteiger partial charge in [0.05, 0.1) is 29.6 Å². The normalized spacial score (nSPS) is 10.7. The number of hydrogen-bond donors (Lipinski definition) is 1. The zero-order valence-electron chi connectivity index (χ0n) is 17.2.